The van der Waals surface area contributed by atoms with Gasteiger partial charge in [0.05, 0.1) is 15.9 Å². The summed E-state index contributed by atoms with van der Waals surface area (Å²) >= 11 is 3.46. The highest BCUT2D eigenvalue weighted by molar-refractivity contribution is 9.10. The molecule has 1 amide bonds. The van der Waals surface area contributed by atoms with E-state index in [1.165, 1.54) is 5.01 Å². The number of halogens is 1. The van der Waals surface area contributed by atoms with Gasteiger partial charge in [-0.05, 0) is 40.2 Å². The first kappa shape index (κ1) is 17.9. The van der Waals surface area contributed by atoms with Gasteiger partial charge in [-0.3, -0.25) is 15.2 Å². The molecule has 0 fully saturated rings. The summed E-state index contributed by atoms with van der Waals surface area (Å²) in [5.41, 5.74) is 3.44. The van der Waals surface area contributed by atoms with Gasteiger partial charge < -0.3 is 9.75 Å². The Morgan fingerprint density at radius 2 is 2.09 bits per heavy atom. The molecule has 1 aromatic heterocycles. The molecular formula is C14H18BrN5O2. The zero-order valence-electron chi connectivity index (χ0n) is 12.1. The van der Waals surface area contributed by atoms with Gasteiger partial charge in [0, 0.05) is 13.2 Å². The number of rotatable bonds is 5. The Bertz CT molecular complexity index is 581. The molecule has 7 nitrogen and oxygen atoms in total. The van der Waals surface area contributed by atoms with Crippen molar-refractivity contribution in [1.29, 1.82) is 0 Å². The predicted octanol–water partition coefficient (Wildman–Crippen LogP) is 1.34. The van der Waals surface area contributed by atoms with Crippen LogP contribution in [0.2, 0.25) is 0 Å². The molecular weight excluding hydrogens is 350 g/mol. The molecule has 0 aliphatic carbocycles. The first-order valence-corrected chi connectivity index (χ1v) is 7.08. The molecule has 0 aliphatic heterocycles. The van der Waals surface area contributed by atoms with E-state index in [4.69, 9.17) is 15.4 Å². The molecule has 2 rings (SSSR count). The van der Waals surface area contributed by atoms with Crippen LogP contribution in [-0.2, 0) is 11.4 Å². The van der Waals surface area contributed by atoms with E-state index >= 15 is 0 Å². The van der Waals surface area contributed by atoms with Crippen molar-refractivity contribution < 1.29 is 9.53 Å². The number of pyridine rings is 1. The number of carbonyl (C=O) groups is 1. The molecule has 0 unspecified atom stereocenters. The molecule has 2 aromatic rings. The summed E-state index contributed by atoms with van der Waals surface area (Å²) in [5, 5.41) is 1.53. The van der Waals surface area contributed by atoms with Gasteiger partial charge in [0.1, 0.15) is 6.61 Å². The van der Waals surface area contributed by atoms with Gasteiger partial charge >= 0.3 is 0 Å². The maximum atomic E-state index is 8.94. The first-order valence-electron chi connectivity index (χ1n) is 6.29. The third-order valence-electron chi connectivity index (χ3n) is 2.48. The summed E-state index contributed by atoms with van der Waals surface area (Å²) < 4.78 is 6.65. The van der Waals surface area contributed by atoms with Crippen molar-refractivity contribution in [1.82, 2.24) is 10.4 Å². The van der Waals surface area contributed by atoms with Crippen LogP contribution in [0.4, 0.5) is 5.69 Å². The number of ether oxygens (including phenoxy) is 1. The van der Waals surface area contributed by atoms with Gasteiger partial charge in [-0.2, -0.15) is 0 Å². The van der Waals surface area contributed by atoms with Crippen LogP contribution >= 0.6 is 15.9 Å². The lowest BCUT2D eigenvalue weighted by Crippen LogP contribution is -2.25. The number of para-hydroxylation sites is 1. The van der Waals surface area contributed by atoms with E-state index in [-0.39, 0.29) is 0 Å². The number of nitrogens with two attached hydrogens (primary N) is 2. The molecule has 0 aliphatic rings. The Hall–Kier alpha value is -2.16. The fourth-order valence-corrected chi connectivity index (χ4v) is 2.02. The summed E-state index contributed by atoms with van der Waals surface area (Å²) in [5.74, 6) is 10.9. The van der Waals surface area contributed by atoms with Crippen molar-refractivity contribution in [2.24, 2.45) is 11.7 Å². The number of amides is 1. The molecule has 0 bridgehead atoms. The molecule has 22 heavy (non-hydrogen) atoms. The lowest BCUT2D eigenvalue weighted by molar-refractivity contribution is -0.109. The predicted molar refractivity (Wildman–Crippen MR) is 88.7 cm³/mol. The first-order chi connectivity index (χ1) is 10.6. The van der Waals surface area contributed by atoms with Crippen molar-refractivity contribution in [3.8, 4) is 5.75 Å². The topological polar surface area (TPSA) is 106 Å². The van der Waals surface area contributed by atoms with Gasteiger partial charge in [0.2, 0.25) is 6.41 Å². The molecule has 8 heteroatoms. The quantitative estimate of drug-likeness (QED) is 0.318. The van der Waals surface area contributed by atoms with Crippen molar-refractivity contribution in [2.45, 2.75) is 6.61 Å². The van der Waals surface area contributed by atoms with Crippen molar-refractivity contribution in [3.05, 3.63) is 52.8 Å². The lowest BCUT2D eigenvalue weighted by atomic mass is 10.3. The van der Waals surface area contributed by atoms with E-state index in [9.17, 15) is 0 Å². The minimum absolute atomic E-state index is 0.403. The fourth-order valence-electron chi connectivity index (χ4n) is 1.55. The molecule has 5 N–H and O–H groups in total. The Kier molecular flexibility index (Phi) is 7.90. The maximum Gasteiger partial charge on any atom is 0.221 e. The zero-order valence-corrected chi connectivity index (χ0v) is 13.7. The average Bonchev–Trinajstić information content (AvgIpc) is 2.54. The van der Waals surface area contributed by atoms with Crippen LogP contribution in [0.1, 0.15) is 5.69 Å². The second-order valence-corrected chi connectivity index (χ2v) is 4.95. The summed E-state index contributed by atoms with van der Waals surface area (Å²) in [6.45, 7) is 0.407. The van der Waals surface area contributed by atoms with Crippen LogP contribution in [0.25, 0.3) is 0 Å². The number of anilines is 1. The molecule has 0 saturated heterocycles. The summed E-state index contributed by atoms with van der Waals surface area (Å²) in [7, 11) is 1.77. The second-order valence-electron chi connectivity index (χ2n) is 4.09. The number of hydrogen-bond donors (Lipinski definition) is 3. The van der Waals surface area contributed by atoms with Gasteiger partial charge in [-0.1, -0.05) is 12.1 Å². The van der Waals surface area contributed by atoms with Crippen LogP contribution in [0, 0.1) is 0 Å². The normalized spacial score (nSPS) is 9.27. The standard InChI is InChI=1S/C13H14BrN3O.CH4N2O/c1-17(15)12-7-4-6-11(14)13(12)18-9-10-5-2-3-8-16-10;2-3-1-4/h2-8H,9,15H2,1H3;1H,2H2,(H,3,4). The fraction of sp³-hybridized carbons (Fsp3) is 0.143. The van der Waals surface area contributed by atoms with Crippen molar-refractivity contribution >= 4 is 28.0 Å². The Balaban J connectivity index is 0.000000541. The molecule has 118 valence electrons. The average molecular weight is 368 g/mol. The van der Waals surface area contributed by atoms with E-state index < -0.39 is 0 Å². The van der Waals surface area contributed by atoms with Crippen LogP contribution in [0.15, 0.2) is 47.1 Å². The third kappa shape index (κ3) is 5.68. The van der Waals surface area contributed by atoms with Crippen LogP contribution in [0.3, 0.4) is 0 Å². The Morgan fingerprint density at radius 3 is 2.64 bits per heavy atom. The minimum Gasteiger partial charge on any atom is -0.484 e. The minimum atomic E-state index is 0.403. The van der Waals surface area contributed by atoms with E-state index in [0.29, 0.717) is 18.8 Å². The molecule has 0 radical (unpaired) electrons. The maximum absolute atomic E-state index is 8.94. The number of aromatic nitrogens is 1. The Labute approximate surface area is 137 Å². The van der Waals surface area contributed by atoms with E-state index in [2.05, 4.69) is 26.8 Å². The monoisotopic (exact) mass is 367 g/mol. The Morgan fingerprint density at radius 1 is 1.36 bits per heavy atom. The van der Waals surface area contributed by atoms with E-state index in [0.717, 1.165) is 15.9 Å². The molecule has 0 spiro atoms. The second kappa shape index (κ2) is 9.72. The number of nitrogens with zero attached hydrogens (tertiary/aromatic N) is 2. The van der Waals surface area contributed by atoms with Gasteiger partial charge in [-0.15, -0.1) is 0 Å². The van der Waals surface area contributed by atoms with E-state index in [1.54, 1.807) is 18.7 Å². The largest absolute Gasteiger partial charge is 0.484 e. The van der Waals surface area contributed by atoms with Crippen molar-refractivity contribution in [2.75, 3.05) is 12.1 Å². The summed E-state index contributed by atoms with van der Waals surface area (Å²) in [6.07, 6.45) is 2.15. The van der Waals surface area contributed by atoms with Crippen LogP contribution in [-0.4, -0.2) is 18.4 Å². The summed E-state index contributed by atoms with van der Waals surface area (Å²) in [4.78, 5) is 13.2. The smallest absolute Gasteiger partial charge is 0.221 e. The zero-order chi connectivity index (χ0) is 16.4. The number of hydrazine groups is 2. The van der Waals surface area contributed by atoms with Gasteiger partial charge in [0.15, 0.2) is 5.75 Å². The highest BCUT2D eigenvalue weighted by atomic mass is 79.9. The third-order valence-corrected chi connectivity index (χ3v) is 3.11. The van der Waals surface area contributed by atoms with Crippen LogP contribution < -0.4 is 26.9 Å². The van der Waals surface area contributed by atoms with E-state index in [1.807, 2.05) is 36.4 Å². The van der Waals surface area contributed by atoms with Crippen molar-refractivity contribution in [3.63, 3.8) is 0 Å². The molecule has 1 aromatic carbocycles. The molecule has 1 heterocycles. The van der Waals surface area contributed by atoms with Crippen LogP contribution in [0.5, 0.6) is 5.75 Å². The lowest BCUT2D eigenvalue weighted by Gasteiger charge is -2.18. The molecule has 0 atom stereocenters. The number of carbonyl (C=O) groups excluding carboxylic acids is 1. The number of hydrogen-bond acceptors (Lipinski definition) is 6. The van der Waals surface area contributed by atoms with Gasteiger partial charge in [0.25, 0.3) is 0 Å². The number of benzene rings is 1. The summed E-state index contributed by atoms with van der Waals surface area (Å²) in [6, 6.07) is 11.5. The van der Waals surface area contributed by atoms with Gasteiger partial charge in [-0.25, -0.2) is 11.7 Å². The number of nitrogens with one attached hydrogen (secondary N) is 1. The highest BCUT2D eigenvalue weighted by Gasteiger charge is 2.10. The highest BCUT2D eigenvalue weighted by Crippen LogP contribution is 2.34. The SMILES string of the molecule is CN(N)c1cccc(Br)c1OCc1ccccn1.NNC=O. The molecule has 0 saturated carbocycles.